The van der Waals surface area contributed by atoms with Crippen molar-refractivity contribution in [2.24, 2.45) is 25.4 Å². The maximum atomic E-state index is 13.4. The zero-order valence-corrected chi connectivity index (χ0v) is 45.5. The molecule has 8 rings (SSSR count). The number of nitrogens with one attached hydrogen (secondary N) is 1. The minimum Gasteiger partial charge on any atom is -0.871 e. The molecule has 0 unspecified atom stereocenters. The van der Waals surface area contributed by atoms with Crippen LogP contribution >= 0.6 is 23.2 Å². The van der Waals surface area contributed by atoms with Gasteiger partial charge in [-0.1, -0.05) is 102 Å². The number of aryl methyl sites for hydroxylation is 2. The molecule has 1 amide bonds. The van der Waals surface area contributed by atoms with Crippen molar-refractivity contribution in [1.29, 1.82) is 0 Å². The molecule has 0 heterocycles. The summed E-state index contributed by atoms with van der Waals surface area (Å²) < 4.78 is 75.9. The number of aliphatic imine (C=N–C) groups is 1. The number of hydrogen-bond donors (Lipinski definition) is 4. The van der Waals surface area contributed by atoms with Crippen LogP contribution in [-0.4, -0.2) is 93.8 Å². The Morgan fingerprint density at radius 2 is 1.07 bits per heavy atom. The molecular formula is C52H42CaCl2N6O12S2. The summed E-state index contributed by atoms with van der Waals surface area (Å²) in [7, 11) is -8.96. The number of anilines is 1. The summed E-state index contributed by atoms with van der Waals surface area (Å²) in [5, 5.41) is 58.7. The summed E-state index contributed by atoms with van der Waals surface area (Å²) >= 11 is 12.3. The van der Waals surface area contributed by atoms with E-state index < -0.39 is 43.5 Å². The number of benzene rings is 8. The number of fused-ring (bicyclic) bond motifs is 2. The SMILES string of the molecule is CCOc1ccccc1N=C([O-])c1cc2ccccc2c(N=Nc2cc(C)c(S(=O)(=O)O)cc2Cl)c1[O-].CCOc1ccccc1NC(=O)c1cc2ccccc2c(N=Nc2cc(C)c(S(=O)(=O)O)cc2Cl)c1O.[Ca+2]. The van der Waals surface area contributed by atoms with Gasteiger partial charge in [0.1, 0.15) is 34.2 Å². The first-order chi connectivity index (χ1) is 35.2. The molecular weight excluding hydrogens is 1080 g/mol. The van der Waals surface area contributed by atoms with Crippen LogP contribution in [0.5, 0.6) is 23.0 Å². The van der Waals surface area contributed by atoms with Crippen LogP contribution in [0.15, 0.2) is 169 Å². The number of hydrogen-bond acceptors (Lipinski definition) is 15. The number of azo groups is 2. The largest absolute Gasteiger partial charge is 2.00 e. The zero-order chi connectivity index (χ0) is 53.5. The van der Waals surface area contributed by atoms with Crippen LogP contribution in [0.3, 0.4) is 0 Å². The number of amides is 1. The molecule has 380 valence electrons. The third-order valence-electron chi connectivity index (χ3n) is 10.8. The van der Waals surface area contributed by atoms with Crippen LogP contribution in [0.1, 0.15) is 40.9 Å². The van der Waals surface area contributed by atoms with Gasteiger partial charge in [-0.3, -0.25) is 18.9 Å². The molecule has 0 fully saturated rings. The van der Waals surface area contributed by atoms with E-state index in [9.17, 15) is 46.1 Å². The second kappa shape index (κ2) is 24.7. The fraction of sp³-hybridized carbons (Fsp3) is 0.115. The molecule has 0 bridgehead atoms. The molecule has 0 aliphatic carbocycles. The van der Waals surface area contributed by atoms with E-state index in [-0.39, 0.29) is 108 Å². The Morgan fingerprint density at radius 3 is 1.61 bits per heavy atom. The number of nitrogens with zero attached hydrogens (tertiary/aromatic N) is 5. The first-order valence-electron chi connectivity index (χ1n) is 22.1. The predicted molar refractivity (Wildman–Crippen MR) is 284 cm³/mol. The Hall–Kier alpha value is -6.72. The average Bonchev–Trinajstić information content (AvgIpc) is 3.35. The number of aromatic hydroxyl groups is 1. The Kier molecular flexibility index (Phi) is 19.0. The Balaban J connectivity index is 0.000000241. The van der Waals surface area contributed by atoms with E-state index in [0.717, 1.165) is 12.1 Å². The second-order valence-electron chi connectivity index (χ2n) is 15.9. The van der Waals surface area contributed by atoms with Crippen LogP contribution < -0.4 is 25.0 Å². The van der Waals surface area contributed by atoms with Crippen molar-refractivity contribution in [2.45, 2.75) is 37.5 Å². The first-order valence-corrected chi connectivity index (χ1v) is 25.7. The van der Waals surface area contributed by atoms with Gasteiger partial charge in [0.15, 0.2) is 5.75 Å². The molecule has 18 nitrogen and oxygen atoms in total. The molecule has 0 spiro atoms. The first kappa shape index (κ1) is 57.6. The van der Waals surface area contributed by atoms with Crippen molar-refractivity contribution in [3.8, 4) is 23.0 Å². The molecule has 0 saturated heterocycles. The maximum Gasteiger partial charge on any atom is 2.00 e. The normalized spacial score (nSPS) is 11.9. The average molecular weight is 1120 g/mol. The van der Waals surface area contributed by atoms with Gasteiger partial charge in [0.2, 0.25) is 0 Å². The number of phenolic OH excluding ortho intramolecular Hbond substituents is 1. The molecule has 8 aromatic rings. The van der Waals surface area contributed by atoms with Crippen molar-refractivity contribution in [1.82, 2.24) is 0 Å². The minimum atomic E-state index is -4.49. The van der Waals surface area contributed by atoms with Gasteiger partial charge in [-0.05, 0) is 122 Å². The van der Waals surface area contributed by atoms with E-state index in [1.54, 1.807) is 110 Å². The van der Waals surface area contributed by atoms with Crippen LogP contribution in [0, 0.1) is 13.8 Å². The van der Waals surface area contributed by atoms with Crippen LogP contribution in [0.25, 0.3) is 21.5 Å². The summed E-state index contributed by atoms with van der Waals surface area (Å²) in [5.74, 6) is -1.56. The van der Waals surface area contributed by atoms with Crippen LogP contribution in [0.4, 0.5) is 34.1 Å². The fourth-order valence-corrected chi connectivity index (χ4v) is 9.41. The van der Waals surface area contributed by atoms with Crippen molar-refractivity contribution < 1.29 is 55.5 Å². The van der Waals surface area contributed by atoms with Gasteiger partial charge in [-0.2, -0.15) is 21.9 Å². The van der Waals surface area contributed by atoms with Gasteiger partial charge in [0, 0.05) is 10.8 Å². The number of carbonyl (C=O) groups excluding carboxylic acids is 1. The Bertz CT molecular complexity index is 3830. The monoisotopic (exact) mass is 1120 g/mol. The van der Waals surface area contributed by atoms with Crippen molar-refractivity contribution >= 4 is 149 Å². The molecule has 0 aliphatic heterocycles. The van der Waals surface area contributed by atoms with Gasteiger partial charge in [0.05, 0.1) is 50.0 Å². The summed E-state index contributed by atoms with van der Waals surface area (Å²) in [4.78, 5) is 16.6. The van der Waals surface area contributed by atoms with Gasteiger partial charge in [-0.25, -0.2) is 0 Å². The molecule has 75 heavy (non-hydrogen) atoms. The van der Waals surface area contributed by atoms with Crippen LogP contribution in [-0.2, 0) is 20.2 Å². The number of phenols is 1. The number of para-hydroxylation sites is 4. The Labute approximate surface area is 470 Å². The van der Waals surface area contributed by atoms with Gasteiger partial charge >= 0.3 is 37.7 Å². The zero-order valence-electron chi connectivity index (χ0n) is 40.1. The quantitative estimate of drug-likeness (QED) is 0.0260. The number of halogens is 2. The van der Waals surface area contributed by atoms with E-state index >= 15 is 0 Å². The molecule has 0 atom stereocenters. The molecule has 4 N–H and O–H groups in total. The van der Waals surface area contributed by atoms with Crippen molar-refractivity contribution in [2.75, 3.05) is 18.5 Å². The summed E-state index contributed by atoms with van der Waals surface area (Å²) in [5.41, 5.74) is 0.956. The van der Waals surface area contributed by atoms with Crippen molar-refractivity contribution in [3.63, 3.8) is 0 Å². The maximum absolute atomic E-state index is 13.4. The molecule has 0 radical (unpaired) electrons. The number of rotatable bonds is 14. The number of ether oxygens (including phenoxy) is 2. The smallest absolute Gasteiger partial charge is 0.871 e. The van der Waals surface area contributed by atoms with E-state index in [1.165, 1.54) is 32.0 Å². The van der Waals surface area contributed by atoms with Gasteiger partial charge in [-0.15, -0.1) is 15.3 Å². The fourth-order valence-electron chi connectivity index (χ4n) is 7.41. The van der Waals surface area contributed by atoms with Gasteiger partial charge < -0.3 is 30.1 Å². The summed E-state index contributed by atoms with van der Waals surface area (Å²) in [6.07, 6.45) is 0. The van der Waals surface area contributed by atoms with E-state index in [1.807, 2.05) is 6.92 Å². The Morgan fingerprint density at radius 1 is 0.613 bits per heavy atom. The minimum absolute atomic E-state index is 0. The molecule has 23 heteroatoms. The van der Waals surface area contributed by atoms with Crippen LogP contribution in [0.2, 0.25) is 10.0 Å². The standard InChI is InChI=1S/2C26H22ClN3O6S.Ca/c2*1-3-36-22-11-7-6-10-20(22)28-26(32)18-13-16-8-4-5-9-17(16)24(25(18)31)30-29-21-12-15(2)23(14-19(21)27)37(33,34)35;/h2*4-14,31H,3H2,1-2H3,(H,28,32)(H,33,34,35);/q;;+2/p-2. The predicted octanol–water partition coefficient (Wildman–Crippen LogP) is 11.8. The van der Waals surface area contributed by atoms with E-state index in [4.69, 9.17) is 32.7 Å². The summed E-state index contributed by atoms with van der Waals surface area (Å²) in [6.45, 7) is 7.34. The number of carbonyl (C=O) groups is 1. The molecule has 0 saturated carbocycles. The molecule has 0 aromatic heterocycles. The van der Waals surface area contributed by atoms with E-state index in [0.29, 0.717) is 51.9 Å². The van der Waals surface area contributed by atoms with E-state index in [2.05, 4.69) is 30.8 Å². The third kappa shape index (κ3) is 13.6. The molecule has 0 aliphatic rings. The second-order valence-corrected chi connectivity index (χ2v) is 19.4. The summed E-state index contributed by atoms with van der Waals surface area (Å²) in [6, 6.07) is 35.3. The molecule has 8 aromatic carbocycles. The van der Waals surface area contributed by atoms with Crippen molar-refractivity contribution in [3.05, 3.63) is 166 Å². The topological polar surface area (TPSA) is 284 Å². The third-order valence-corrected chi connectivity index (χ3v) is 13.4. The van der Waals surface area contributed by atoms with Gasteiger partial charge in [0.25, 0.3) is 26.1 Å².